The maximum absolute atomic E-state index is 14.0. The van der Waals surface area contributed by atoms with Gasteiger partial charge in [0.25, 0.3) is 10.0 Å². The van der Waals surface area contributed by atoms with Crippen LogP contribution in [0.1, 0.15) is 38.8 Å². The average Bonchev–Trinajstić information content (AvgIpc) is 2.88. The Morgan fingerprint density at radius 2 is 1.51 bits per heavy atom. The van der Waals surface area contributed by atoms with Crippen LogP contribution in [-0.4, -0.2) is 50.4 Å². The largest absolute Gasteiger partial charge is 0.497 e. The number of methoxy groups -OCH3 is 1. The second-order valence-electron chi connectivity index (χ2n) is 10.7. The van der Waals surface area contributed by atoms with Gasteiger partial charge in [-0.05, 0) is 82.6 Å². The molecule has 0 bridgehead atoms. The van der Waals surface area contributed by atoms with Gasteiger partial charge in [0, 0.05) is 22.1 Å². The van der Waals surface area contributed by atoms with Gasteiger partial charge in [-0.2, -0.15) is 0 Å². The highest BCUT2D eigenvalue weighted by Crippen LogP contribution is 2.30. The summed E-state index contributed by atoms with van der Waals surface area (Å²) >= 11 is 12.5. The number of sulfonamides is 1. The van der Waals surface area contributed by atoms with E-state index in [-0.39, 0.29) is 33.1 Å². The molecule has 0 unspecified atom stereocenters. The number of hydrogen-bond acceptors (Lipinski definition) is 5. The Morgan fingerprint density at radius 3 is 2.02 bits per heavy atom. The van der Waals surface area contributed by atoms with Crippen LogP contribution in [0.25, 0.3) is 0 Å². The molecule has 8 nitrogen and oxygen atoms in total. The van der Waals surface area contributed by atoms with Crippen molar-refractivity contribution in [3.8, 4) is 5.75 Å². The molecule has 0 aliphatic rings. The molecule has 0 aromatic heterocycles. The molecule has 41 heavy (non-hydrogen) atoms. The van der Waals surface area contributed by atoms with E-state index in [0.29, 0.717) is 5.75 Å². The molecular formula is C30H35Cl2N3O5S. The minimum atomic E-state index is -4.24. The zero-order valence-corrected chi connectivity index (χ0v) is 26.3. The zero-order chi connectivity index (χ0) is 30.5. The van der Waals surface area contributed by atoms with Crippen LogP contribution in [0.2, 0.25) is 10.0 Å². The van der Waals surface area contributed by atoms with Gasteiger partial charge in [0.15, 0.2) is 0 Å². The van der Waals surface area contributed by atoms with Gasteiger partial charge in [-0.25, -0.2) is 8.42 Å². The molecule has 0 aliphatic heterocycles. The maximum atomic E-state index is 14.0. The van der Waals surface area contributed by atoms with Crippen molar-refractivity contribution < 1.29 is 22.7 Å². The van der Waals surface area contributed by atoms with Crippen LogP contribution in [0.5, 0.6) is 5.75 Å². The molecule has 3 aromatic rings. The topological polar surface area (TPSA) is 96.0 Å². The number of ether oxygens (including phenoxy) is 1. The zero-order valence-electron chi connectivity index (χ0n) is 23.9. The summed E-state index contributed by atoms with van der Waals surface area (Å²) in [4.78, 5) is 28.6. The minimum Gasteiger partial charge on any atom is -0.497 e. The lowest BCUT2D eigenvalue weighted by atomic mass is 10.1. The van der Waals surface area contributed by atoms with Crippen LogP contribution in [-0.2, 0) is 26.2 Å². The Kier molecular flexibility index (Phi) is 10.3. The SMILES string of the molecule is COc1ccc(CN(C(=O)CN(c2cc(Cl)cc(Cl)c2)S(=O)(=O)c2ccc(C)cc2)[C@@H](C)C(=O)NC(C)(C)C)cc1. The van der Waals surface area contributed by atoms with Crippen LogP contribution >= 0.6 is 23.2 Å². The van der Waals surface area contributed by atoms with E-state index in [0.717, 1.165) is 15.4 Å². The molecule has 2 amide bonds. The number of hydrogen-bond donors (Lipinski definition) is 1. The first-order valence-electron chi connectivity index (χ1n) is 12.9. The highest BCUT2D eigenvalue weighted by atomic mass is 35.5. The summed E-state index contributed by atoms with van der Waals surface area (Å²) in [6, 6.07) is 16.8. The number of amides is 2. The van der Waals surface area contributed by atoms with E-state index in [1.165, 1.54) is 35.2 Å². The summed E-state index contributed by atoms with van der Waals surface area (Å²) in [6.45, 7) is 8.42. The maximum Gasteiger partial charge on any atom is 0.264 e. The Labute approximate surface area is 252 Å². The Hall–Kier alpha value is -3.27. The van der Waals surface area contributed by atoms with E-state index in [1.807, 2.05) is 27.7 Å². The molecule has 3 rings (SSSR count). The summed E-state index contributed by atoms with van der Waals surface area (Å²) in [7, 11) is -2.69. The monoisotopic (exact) mass is 619 g/mol. The number of nitrogens with one attached hydrogen (secondary N) is 1. The van der Waals surface area contributed by atoms with Gasteiger partial charge >= 0.3 is 0 Å². The van der Waals surface area contributed by atoms with Crippen LogP contribution in [0.3, 0.4) is 0 Å². The van der Waals surface area contributed by atoms with Crippen molar-refractivity contribution in [3.63, 3.8) is 0 Å². The Balaban J connectivity index is 2.06. The van der Waals surface area contributed by atoms with Crippen LogP contribution in [0.15, 0.2) is 71.6 Å². The fourth-order valence-electron chi connectivity index (χ4n) is 4.03. The minimum absolute atomic E-state index is 0.00720. The predicted octanol–water partition coefficient (Wildman–Crippen LogP) is 5.84. The molecule has 0 aliphatic carbocycles. The molecule has 220 valence electrons. The van der Waals surface area contributed by atoms with Crippen molar-refractivity contribution in [1.29, 1.82) is 0 Å². The Morgan fingerprint density at radius 1 is 0.951 bits per heavy atom. The van der Waals surface area contributed by atoms with Gasteiger partial charge in [0.2, 0.25) is 11.8 Å². The number of carbonyl (C=O) groups excluding carboxylic acids is 2. The Bertz CT molecular complexity index is 1470. The number of carbonyl (C=O) groups is 2. The normalized spacial score (nSPS) is 12.4. The number of anilines is 1. The van der Waals surface area contributed by atoms with Crippen LogP contribution < -0.4 is 14.4 Å². The van der Waals surface area contributed by atoms with Gasteiger partial charge in [-0.3, -0.25) is 13.9 Å². The third-order valence-electron chi connectivity index (χ3n) is 6.20. The molecule has 0 spiro atoms. The molecule has 11 heteroatoms. The molecule has 0 radical (unpaired) electrons. The molecule has 0 fully saturated rings. The molecule has 0 saturated carbocycles. The van der Waals surface area contributed by atoms with Gasteiger partial charge in [0.1, 0.15) is 18.3 Å². The van der Waals surface area contributed by atoms with Crippen molar-refractivity contribution in [2.45, 2.75) is 57.6 Å². The fraction of sp³-hybridized carbons (Fsp3) is 0.333. The number of aryl methyl sites for hydroxylation is 1. The van der Waals surface area contributed by atoms with Crippen molar-refractivity contribution in [2.24, 2.45) is 0 Å². The molecule has 1 atom stereocenters. The van der Waals surface area contributed by atoms with Crippen LogP contribution in [0, 0.1) is 6.92 Å². The van der Waals surface area contributed by atoms with Crippen molar-refractivity contribution >= 4 is 50.7 Å². The van der Waals surface area contributed by atoms with E-state index >= 15 is 0 Å². The summed E-state index contributed by atoms with van der Waals surface area (Å²) in [5, 5.41) is 3.31. The number of benzene rings is 3. The third kappa shape index (κ3) is 8.61. The van der Waals surface area contributed by atoms with Crippen molar-refractivity contribution in [1.82, 2.24) is 10.2 Å². The van der Waals surface area contributed by atoms with Crippen molar-refractivity contribution in [3.05, 3.63) is 87.9 Å². The van der Waals surface area contributed by atoms with Gasteiger partial charge < -0.3 is 15.0 Å². The molecule has 1 N–H and O–H groups in total. The lowest BCUT2D eigenvalue weighted by Gasteiger charge is -2.33. The van der Waals surface area contributed by atoms with E-state index < -0.39 is 34.1 Å². The fourth-order valence-corrected chi connectivity index (χ4v) is 5.95. The summed E-state index contributed by atoms with van der Waals surface area (Å²) in [5.74, 6) is -0.333. The van der Waals surface area contributed by atoms with Gasteiger partial charge in [-0.1, -0.05) is 53.0 Å². The van der Waals surface area contributed by atoms with Crippen LogP contribution in [0.4, 0.5) is 5.69 Å². The van der Waals surface area contributed by atoms with E-state index in [9.17, 15) is 18.0 Å². The number of rotatable bonds is 10. The second kappa shape index (κ2) is 13.1. The number of halogens is 2. The van der Waals surface area contributed by atoms with Crippen molar-refractivity contribution in [2.75, 3.05) is 18.0 Å². The van der Waals surface area contributed by atoms with E-state index in [4.69, 9.17) is 27.9 Å². The van der Waals surface area contributed by atoms with E-state index in [1.54, 1.807) is 50.4 Å². The molecule has 0 heterocycles. The van der Waals surface area contributed by atoms with E-state index in [2.05, 4.69) is 5.32 Å². The molecule has 0 saturated heterocycles. The summed E-state index contributed by atoms with van der Waals surface area (Å²) in [5.41, 5.74) is 1.18. The first kappa shape index (κ1) is 32.2. The smallest absolute Gasteiger partial charge is 0.264 e. The number of nitrogens with zero attached hydrogens (tertiary/aromatic N) is 2. The highest BCUT2D eigenvalue weighted by molar-refractivity contribution is 7.92. The standard InChI is InChI=1S/C30H35Cl2N3O5S/c1-20-7-13-27(14-8-20)41(38,39)35(25-16-23(31)15-24(32)17-25)19-28(36)34(21(2)29(37)33-30(3,4)5)18-22-9-11-26(40-6)12-10-22/h7-17,21H,18-19H2,1-6H3,(H,33,37)/t21-/m0/s1. The second-order valence-corrected chi connectivity index (χ2v) is 13.5. The van der Waals surface area contributed by atoms with Gasteiger partial charge in [-0.15, -0.1) is 0 Å². The quantitative estimate of drug-likeness (QED) is 0.308. The molecule has 3 aromatic carbocycles. The third-order valence-corrected chi connectivity index (χ3v) is 8.43. The highest BCUT2D eigenvalue weighted by Gasteiger charge is 2.33. The predicted molar refractivity (Wildman–Crippen MR) is 163 cm³/mol. The summed E-state index contributed by atoms with van der Waals surface area (Å²) in [6.07, 6.45) is 0. The lowest BCUT2D eigenvalue weighted by Crippen LogP contribution is -2.54. The first-order chi connectivity index (χ1) is 19.1. The van der Waals surface area contributed by atoms with Gasteiger partial charge in [0.05, 0.1) is 17.7 Å². The summed E-state index contributed by atoms with van der Waals surface area (Å²) < 4.78 is 34.0. The average molecular weight is 621 g/mol. The molecular weight excluding hydrogens is 585 g/mol. The lowest BCUT2D eigenvalue weighted by molar-refractivity contribution is -0.140. The first-order valence-corrected chi connectivity index (χ1v) is 15.1.